The van der Waals surface area contributed by atoms with Crippen molar-refractivity contribution in [2.75, 3.05) is 19.0 Å². The van der Waals surface area contributed by atoms with Gasteiger partial charge in [-0.25, -0.2) is 9.78 Å². The van der Waals surface area contributed by atoms with Crippen LogP contribution in [-0.2, 0) is 22.5 Å². The number of ether oxygens (including phenoxy) is 2. The number of nitrogens with one attached hydrogen (secondary N) is 2. The number of methoxy groups -OCH3 is 1. The summed E-state index contributed by atoms with van der Waals surface area (Å²) < 4.78 is 11.1. The van der Waals surface area contributed by atoms with Crippen LogP contribution in [0.4, 0.5) is 5.69 Å². The highest BCUT2D eigenvalue weighted by Crippen LogP contribution is 2.43. The SMILES string of the molecule is COC(=O)c1nc(C)ccc1-c1cc2c(cc1C(=O)Nc1ccc(CN)cc1)-c1sccc1CCO2.O=CNC1CCCCC1. The largest absolute Gasteiger partial charge is 0.493 e. The Balaban J connectivity index is 0.000000383. The maximum absolute atomic E-state index is 13.7. The van der Waals surface area contributed by atoms with E-state index in [2.05, 4.69) is 21.7 Å². The number of carbonyl (C=O) groups excluding carboxylic acids is 3. The number of aryl methyl sites for hydroxylation is 1. The van der Waals surface area contributed by atoms with Crippen molar-refractivity contribution in [1.82, 2.24) is 10.3 Å². The second kappa shape index (κ2) is 15.0. The van der Waals surface area contributed by atoms with Crippen LogP contribution >= 0.6 is 11.3 Å². The molecule has 3 heterocycles. The van der Waals surface area contributed by atoms with Gasteiger partial charge in [0, 0.05) is 57.5 Å². The highest BCUT2D eigenvalue weighted by molar-refractivity contribution is 7.13. The predicted octanol–water partition coefficient (Wildman–Crippen LogP) is 6.28. The van der Waals surface area contributed by atoms with Crippen LogP contribution in [0.1, 0.15) is 69.8 Å². The average Bonchev–Trinajstić information content (AvgIpc) is 3.46. The van der Waals surface area contributed by atoms with Crippen molar-refractivity contribution < 1.29 is 23.9 Å². The summed E-state index contributed by atoms with van der Waals surface area (Å²) in [5.41, 5.74) is 11.6. The molecule has 1 aliphatic carbocycles. The van der Waals surface area contributed by atoms with E-state index in [0.717, 1.165) is 28.8 Å². The van der Waals surface area contributed by atoms with Crippen LogP contribution in [0.15, 0.2) is 60.0 Å². The molecule has 0 bridgehead atoms. The Morgan fingerprint density at radius 1 is 1.04 bits per heavy atom. The summed E-state index contributed by atoms with van der Waals surface area (Å²) in [4.78, 5) is 41.8. The first-order valence-electron chi connectivity index (χ1n) is 15.2. The molecule has 1 aliphatic heterocycles. The fourth-order valence-corrected chi connectivity index (χ4v) is 6.62. The van der Waals surface area contributed by atoms with Crippen molar-refractivity contribution in [3.63, 3.8) is 0 Å². The summed E-state index contributed by atoms with van der Waals surface area (Å²) in [5, 5.41) is 7.83. The van der Waals surface area contributed by atoms with Crippen LogP contribution in [-0.4, -0.2) is 43.0 Å². The van der Waals surface area contributed by atoms with E-state index in [9.17, 15) is 14.4 Å². The highest BCUT2D eigenvalue weighted by Gasteiger charge is 2.26. The first kappa shape index (κ1) is 31.9. The molecular weight excluding hydrogens is 588 g/mol. The number of rotatable bonds is 7. The minimum Gasteiger partial charge on any atom is -0.493 e. The molecule has 0 unspecified atom stereocenters. The molecule has 0 saturated heterocycles. The molecule has 4 aromatic rings. The monoisotopic (exact) mass is 626 g/mol. The van der Waals surface area contributed by atoms with Crippen molar-refractivity contribution in [3.8, 4) is 27.3 Å². The lowest BCUT2D eigenvalue weighted by molar-refractivity contribution is -0.110. The lowest BCUT2D eigenvalue weighted by atomic mass is 9.93. The number of carbonyl (C=O) groups is 3. The van der Waals surface area contributed by atoms with Crippen molar-refractivity contribution >= 4 is 35.3 Å². The molecule has 0 spiro atoms. The molecule has 45 heavy (non-hydrogen) atoms. The maximum Gasteiger partial charge on any atom is 0.357 e. The van der Waals surface area contributed by atoms with Crippen molar-refractivity contribution in [3.05, 3.63) is 88.1 Å². The Labute approximate surface area is 267 Å². The van der Waals surface area contributed by atoms with Gasteiger partial charge in [0.15, 0.2) is 5.69 Å². The molecule has 0 radical (unpaired) electrons. The van der Waals surface area contributed by atoms with Gasteiger partial charge in [-0.3, -0.25) is 9.59 Å². The summed E-state index contributed by atoms with van der Waals surface area (Å²) in [5.74, 6) is -0.229. The zero-order valence-corrected chi connectivity index (χ0v) is 26.4. The van der Waals surface area contributed by atoms with Crippen molar-refractivity contribution in [2.24, 2.45) is 5.73 Å². The van der Waals surface area contributed by atoms with E-state index in [1.54, 1.807) is 30.4 Å². The number of esters is 1. The highest BCUT2D eigenvalue weighted by atomic mass is 32.1. The lowest BCUT2D eigenvalue weighted by Gasteiger charge is -2.19. The molecule has 234 valence electrons. The average molecular weight is 627 g/mol. The molecule has 9 nitrogen and oxygen atoms in total. The number of nitrogens with two attached hydrogens (primary N) is 1. The van der Waals surface area contributed by atoms with Crippen LogP contribution in [0.25, 0.3) is 21.6 Å². The zero-order valence-electron chi connectivity index (χ0n) is 25.6. The van der Waals surface area contributed by atoms with Gasteiger partial charge < -0.3 is 25.8 Å². The van der Waals surface area contributed by atoms with Gasteiger partial charge in [0.05, 0.1) is 13.7 Å². The third-order valence-corrected chi connectivity index (χ3v) is 9.03. The summed E-state index contributed by atoms with van der Waals surface area (Å²) >= 11 is 1.62. The standard InChI is InChI=1S/C28H25N3O4S.C7H13NO/c1-16-3-8-20(25(30-16)28(33)34-2)21-14-24-23(26-18(9-11-35-24)10-12-36-26)13-22(21)27(32)31-19-6-4-17(15-29)5-7-19;9-6-8-7-4-2-1-3-5-7/h3-8,10,12-14H,9,11,15,29H2,1-2H3,(H,31,32);6-7H,1-5H2,(H,8,9). The molecule has 1 fully saturated rings. The van der Waals surface area contributed by atoms with Gasteiger partial charge in [0.2, 0.25) is 6.41 Å². The molecule has 1 saturated carbocycles. The van der Waals surface area contributed by atoms with Gasteiger partial charge in [-0.1, -0.05) is 37.5 Å². The zero-order chi connectivity index (χ0) is 31.8. The van der Waals surface area contributed by atoms with Gasteiger partial charge in [-0.05, 0) is 72.7 Å². The summed E-state index contributed by atoms with van der Waals surface area (Å²) in [7, 11) is 1.31. The number of aromatic nitrogens is 1. The van der Waals surface area contributed by atoms with Crippen LogP contribution in [0, 0.1) is 6.92 Å². The van der Waals surface area contributed by atoms with E-state index in [1.807, 2.05) is 41.8 Å². The Kier molecular flexibility index (Phi) is 10.6. The minimum absolute atomic E-state index is 0.143. The molecular formula is C35H38N4O5S. The topological polar surface area (TPSA) is 133 Å². The van der Waals surface area contributed by atoms with Crippen LogP contribution in [0.5, 0.6) is 5.75 Å². The molecule has 2 aliphatic rings. The van der Waals surface area contributed by atoms with E-state index in [1.165, 1.54) is 44.8 Å². The van der Waals surface area contributed by atoms with E-state index in [-0.39, 0.29) is 11.6 Å². The third kappa shape index (κ3) is 7.58. The second-order valence-electron chi connectivity index (χ2n) is 11.1. The first-order chi connectivity index (χ1) is 21.9. The number of pyridine rings is 1. The number of hydrogen-bond donors (Lipinski definition) is 3. The maximum atomic E-state index is 13.7. The Bertz CT molecular complexity index is 1660. The molecule has 6 rings (SSSR count). The number of thiophene rings is 1. The smallest absolute Gasteiger partial charge is 0.357 e. The number of nitrogens with zero attached hydrogens (tertiary/aromatic N) is 1. The van der Waals surface area contributed by atoms with Crippen LogP contribution in [0.2, 0.25) is 0 Å². The number of benzene rings is 2. The van der Waals surface area contributed by atoms with Gasteiger partial charge in [0.1, 0.15) is 5.75 Å². The Morgan fingerprint density at radius 2 is 1.82 bits per heavy atom. The van der Waals surface area contributed by atoms with Gasteiger partial charge >= 0.3 is 5.97 Å². The van der Waals surface area contributed by atoms with Gasteiger partial charge in [-0.15, -0.1) is 11.3 Å². The third-order valence-electron chi connectivity index (χ3n) is 8.04. The fourth-order valence-electron chi connectivity index (χ4n) is 5.64. The normalized spacial score (nSPS) is 13.9. The van der Waals surface area contributed by atoms with Gasteiger partial charge in [0.25, 0.3) is 5.91 Å². The summed E-state index contributed by atoms with van der Waals surface area (Å²) in [6.07, 6.45) is 7.86. The second-order valence-corrected chi connectivity index (χ2v) is 12.0. The van der Waals surface area contributed by atoms with Gasteiger partial charge in [-0.2, -0.15) is 0 Å². The predicted molar refractivity (Wildman–Crippen MR) is 177 cm³/mol. The molecule has 10 heteroatoms. The van der Waals surface area contributed by atoms with E-state index in [4.69, 9.17) is 15.2 Å². The Morgan fingerprint density at radius 3 is 2.53 bits per heavy atom. The minimum atomic E-state index is -0.575. The van der Waals surface area contributed by atoms with E-state index in [0.29, 0.717) is 53.0 Å². The summed E-state index contributed by atoms with van der Waals surface area (Å²) in [6.45, 7) is 2.74. The van der Waals surface area contributed by atoms with Crippen LogP contribution < -0.4 is 21.1 Å². The summed E-state index contributed by atoms with van der Waals surface area (Å²) in [6, 6.07) is 17.2. The van der Waals surface area contributed by atoms with E-state index < -0.39 is 5.97 Å². The van der Waals surface area contributed by atoms with Crippen molar-refractivity contribution in [1.29, 1.82) is 0 Å². The number of amides is 2. The molecule has 4 N–H and O–H groups in total. The quantitative estimate of drug-likeness (QED) is 0.162. The molecule has 2 aromatic carbocycles. The lowest BCUT2D eigenvalue weighted by Crippen LogP contribution is -2.29. The number of anilines is 1. The fraction of sp³-hybridized carbons (Fsp3) is 0.314. The van der Waals surface area contributed by atoms with Crippen molar-refractivity contribution in [2.45, 2.75) is 58.0 Å². The number of fused-ring (bicyclic) bond motifs is 3. The Hall–Kier alpha value is -4.54. The molecule has 2 amide bonds. The van der Waals surface area contributed by atoms with E-state index >= 15 is 0 Å². The molecule has 0 atom stereocenters. The molecule has 2 aromatic heterocycles. The number of hydrogen-bond acceptors (Lipinski definition) is 8. The first-order valence-corrected chi connectivity index (χ1v) is 16.0. The van der Waals surface area contributed by atoms with Crippen LogP contribution in [0.3, 0.4) is 0 Å².